The van der Waals surface area contributed by atoms with Gasteiger partial charge in [-0.15, -0.1) is 0 Å². The predicted molar refractivity (Wildman–Crippen MR) is 92.3 cm³/mol. The van der Waals surface area contributed by atoms with Crippen LogP contribution >= 0.6 is 0 Å². The molecule has 3 rings (SSSR count). The molecule has 2 heterocycles. The molecule has 1 aliphatic heterocycles. The molecule has 2 atom stereocenters. The Morgan fingerprint density at radius 3 is 2.71 bits per heavy atom. The molecule has 1 aliphatic rings. The first-order valence-electron chi connectivity index (χ1n) is 8.16. The molecule has 1 saturated heterocycles. The number of nitrogens with zero attached hydrogens (tertiary/aromatic N) is 2. The van der Waals surface area contributed by atoms with Crippen molar-refractivity contribution in [3.63, 3.8) is 0 Å². The van der Waals surface area contributed by atoms with Crippen molar-refractivity contribution in [1.29, 1.82) is 0 Å². The molecule has 1 aromatic carbocycles. The van der Waals surface area contributed by atoms with E-state index < -0.39 is 0 Å². The third kappa shape index (κ3) is 3.68. The zero-order valence-electron chi connectivity index (χ0n) is 14.4. The highest BCUT2D eigenvalue weighted by atomic mass is 16.5. The van der Waals surface area contributed by atoms with Crippen molar-refractivity contribution in [1.82, 2.24) is 9.88 Å². The zero-order valence-corrected chi connectivity index (χ0v) is 14.4. The fraction of sp³-hybridized carbons (Fsp3) is 0.421. The van der Waals surface area contributed by atoms with Crippen LogP contribution in [0.5, 0.6) is 11.5 Å². The Hall–Kier alpha value is -2.11. The predicted octanol–water partition coefficient (Wildman–Crippen LogP) is 2.72. The van der Waals surface area contributed by atoms with Crippen LogP contribution in [0.3, 0.4) is 0 Å². The number of hydrogen-bond donors (Lipinski definition) is 1. The molecule has 0 unspecified atom stereocenters. The number of pyridine rings is 1. The number of aromatic nitrogens is 1. The van der Waals surface area contributed by atoms with Crippen LogP contribution in [0.4, 0.5) is 0 Å². The van der Waals surface area contributed by atoms with Crippen LogP contribution in [0.1, 0.15) is 29.4 Å². The molecule has 1 N–H and O–H groups in total. The molecule has 0 bridgehead atoms. The van der Waals surface area contributed by atoms with Gasteiger partial charge in [0.1, 0.15) is 11.5 Å². The number of methoxy groups -OCH3 is 2. The van der Waals surface area contributed by atoms with Gasteiger partial charge in [-0.05, 0) is 31.0 Å². The van der Waals surface area contributed by atoms with Crippen molar-refractivity contribution in [2.24, 2.45) is 0 Å². The molecule has 24 heavy (non-hydrogen) atoms. The summed E-state index contributed by atoms with van der Waals surface area (Å²) in [4.78, 5) is 6.87. The third-order valence-corrected chi connectivity index (χ3v) is 4.44. The molecule has 0 spiro atoms. The van der Waals surface area contributed by atoms with Crippen LogP contribution in [0.2, 0.25) is 0 Å². The van der Waals surface area contributed by atoms with Crippen molar-refractivity contribution in [3.8, 4) is 11.5 Å². The summed E-state index contributed by atoms with van der Waals surface area (Å²) < 4.78 is 10.7. The van der Waals surface area contributed by atoms with Crippen molar-refractivity contribution < 1.29 is 14.6 Å². The number of aliphatic hydroxyl groups excluding tert-OH is 1. The fourth-order valence-corrected chi connectivity index (χ4v) is 3.36. The van der Waals surface area contributed by atoms with Crippen molar-refractivity contribution in [2.75, 3.05) is 20.8 Å². The second kappa shape index (κ2) is 7.20. The Morgan fingerprint density at radius 1 is 1.17 bits per heavy atom. The molecular weight excluding hydrogens is 304 g/mol. The lowest BCUT2D eigenvalue weighted by molar-refractivity contribution is 0.172. The van der Waals surface area contributed by atoms with E-state index in [1.807, 2.05) is 37.3 Å². The van der Waals surface area contributed by atoms with E-state index in [9.17, 15) is 5.11 Å². The zero-order chi connectivity index (χ0) is 17.1. The first kappa shape index (κ1) is 16.7. The molecule has 0 saturated carbocycles. The number of likely N-dealkylation sites (tertiary alicyclic amines) is 1. The number of hydrogen-bond acceptors (Lipinski definition) is 5. The van der Waals surface area contributed by atoms with Crippen LogP contribution in [-0.4, -0.2) is 41.9 Å². The van der Waals surface area contributed by atoms with Gasteiger partial charge >= 0.3 is 0 Å². The van der Waals surface area contributed by atoms with Gasteiger partial charge in [0.15, 0.2) is 0 Å². The Bertz CT molecular complexity index is 705. The van der Waals surface area contributed by atoms with Crippen LogP contribution in [0.25, 0.3) is 0 Å². The molecule has 5 heteroatoms. The van der Waals surface area contributed by atoms with E-state index in [4.69, 9.17) is 9.47 Å². The van der Waals surface area contributed by atoms with Crippen molar-refractivity contribution in [2.45, 2.75) is 32.0 Å². The van der Waals surface area contributed by atoms with Gasteiger partial charge in [-0.25, -0.2) is 0 Å². The van der Waals surface area contributed by atoms with Gasteiger partial charge in [0.05, 0.1) is 26.0 Å². The summed E-state index contributed by atoms with van der Waals surface area (Å²) in [5.41, 5.74) is 3.04. The highest BCUT2D eigenvalue weighted by Gasteiger charge is 2.32. The maximum atomic E-state index is 10.2. The standard InChI is InChI=1S/C19H24N2O3/c1-13-7-18(24-3)9-15(20-13)11-21-12-16(22)10-19(21)14-5-4-6-17(8-14)23-2/h4-9,16,19,22H,10-12H2,1-3H3/t16-,19-/m0/s1. The summed E-state index contributed by atoms with van der Waals surface area (Å²) in [7, 11) is 3.33. The lowest BCUT2D eigenvalue weighted by atomic mass is 10.0. The summed E-state index contributed by atoms with van der Waals surface area (Å²) in [5, 5.41) is 10.2. The minimum atomic E-state index is -0.326. The summed E-state index contributed by atoms with van der Waals surface area (Å²) in [5.74, 6) is 1.65. The number of β-amino-alcohol motifs (C(OH)–C–C–N with tert-alkyl or cyclic N) is 1. The monoisotopic (exact) mass is 328 g/mol. The number of rotatable bonds is 5. The van der Waals surface area contributed by atoms with Crippen LogP contribution < -0.4 is 9.47 Å². The van der Waals surface area contributed by atoms with Gasteiger partial charge in [-0.3, -0.25) is 9.88 Å². The maximum absolute atomic E-state index is 10.2. The van der Waals surface area contributed by atoms with Gasteiger partial charge in [-0.1, -0.05) is 12.1 Å². The van der Waals surface area contributed by atoms with E-state index in [1.54, 1.807) is 14.2 Å². The lowest BCUT2D eigenvalue weighted by Crippen LogP contribution is -2.25. The van der Waals surface area contributed by atoms with E-state index >= 15 is 0 Å². The normalized spacial score (nSPS) is 21.0. The molecule has 2 aromatic rings. The summed E-state index contributed by atoms with van der Waals surface area (Å²) >= 11 is 0. The second-order valence-electron chi connectivity index (χ2n) is 6.25. The molecule has 0 aliphatic carbocycles. The van der Waals surface area contributed by atoms with Gasteiger partial charge in [0.2, 0.25) is 0 Å². The van der Waals surface area contributed by atoms with Gasteiger partial charge in [0.25, 0.3) is 0 Å². The summed E-state index contributed by atoms with van der Waals surface area (Å²) in [6, 6.07) is 12.1. The largest absolute Gasteiger partial charge is 0.497 e. The molecule has 0 radical (unpaired) electrons. The SMILES string of the molecule is COc1cccc([C@@H]2C[C@H](O)CN2Cc2cc(OC)cc(C)n2)c1. The van der Waals surface area contributed by atoms with Crippen molar-refractivity contribution >= 4 is 0 Å². The average Bonchev–Trinajstić information content (AvgIpc) is 2.94. The first-order valence-corrected chi connectivity index (χ1v) is 8.16. The average molecular weight is 328 g/mol. The van der Waals surface area contributed by atoms with E-state index in [-0.39, 0.29) is 12.1 Å². The molecule has 128 valence electrons. The van der Waals surface area contributed by atoms with Gasteiger partial charge in [0, 0.05) is 37.0 Å². The number of aryl methyl sites for hydroxylation is 1. The molecule has 0 amide bonds. The first-order chi connectivity index (χ1) is 11.6. The quantitative estimate of drug-likeness (QED) is 0.914. The minimum Gasteiger partial charge on any atom is -0.497 e. The smallest absolute Gasteiger partial charge is 0.122 e. The minimum absolute atomic E-state index is 0.156. The third-order valence-electron chi connectivity index (χ3n) is 4.44. The Balaban J connectivity index is 1.84. The van der Waals surface area contributed by atoms with E-state index in [0.717, 1.165) is 34.9 Å². The van der Waals surface area contributed by atoms with Gasteiger partial charge in [-0.2, -0.15) is 0 Å². The number of benzene rings is 1. The second-order valence-corrected chi connectivity index (χ2v) is 6.25. The topological polar surface area (TPSA) is 54.8 Å². The molecule has 1 aromatic heterocycles. The Morgan fingerprint density at radius 2 is 1.96 bits per heavy atom. The summed E-state index contributed by atoms with van der Waals surface area (Å²) in [6.07, 6.45) is 0.392. The Kier molecular flexibility index (Phi) is 5.02. The molecule has 1 fully saturated rings. The number of ether oxygens (including phenoxy) is 2. The molecular formula is C19H24N2O3. The highest BCUT2D eigenvalue weighted by Crippen LogP contribution is 2.34. The van der Waals surface area contributed by atoms with Gasteiger partial charge < -0.3 is 14.6 Å². The fourth-order valence-electron chi connectivity index (χ4n) is 3.36. The number of aliphatic hydroxyl groups is 1. The lowest BCUT2D eigenvalue weighted by Gasteiger charge is -2.24. The maximum Gasteiger partial charge on any atom is 0.122 e. The van der Waals surface area contributed by atoms with Crippen LogP contribution in [0, 0.1) is 6.92 Å². The van der Waals surface area contributed by atoms with Crippen molar-refractivity contribution in [3.05, 3.63) is 53.3 Å². The summed E-state index contributed by atoms with van der Waals surface area (Å²) in [6.45, 7) is 3.28. The van der Waals surface area contributed by atoms with E-state index in [0.29, 0.717) is 13.1 Å². The van der Waals surface area contributed by atoms with E-state index in [2.05, 4.69) is 16.0 Å². The van der Waals surface area contributed by atoms with Crippen LogP contribution in [-0.2, 0) is 6.54 Å². The molecule has 5 nitrogen and oxygen atoms in total. The Labute approximate surface area is 142 Å². The van der Waals surface area contributed by atoms with Crippen LogP contribution in [0.15, 0.2) is 36.4 Å². The van der Waals surface area contributed by atoms with E-state index in [1.165, 1.54) is 0 Å². The highest BCUT2D eigenvalue weighted by molar-refractivity contribution is 5.32.